The number of aryl methyl sites for hydroxylation is 2. The van der Waals surface area contributed by atoms with Gasteiger partial charge in [-0.05, 0) is 66.6 Å². The third-order valence-electron chi connectivity index (χ3n) is 5.79. The van der Waals surface area contributed by atoms with Crippen LogP contribution in [0.15, 0.2) is 36.5 Å². The van der Waals surface area contributed by atoms with E-state index >= 15 is 0 Å². The summed E-state index contributed by atoms with van der Waals surface area (Å²) in [6, 6.07) is 10.6. The monoisotopic (exact) mass is 378 g/mol. The average Bonchev–Trinajstić information content (AvgIpc) is 3.12. The van der Waals surface area contributed by atoms with E-state index in [0.717, 1.165) is 49.0 Å². The molecular formula is C23H26N2O3. The van der Waals surface area contributed by atoms with E-state index in [2.05, 4.69) is 42.4 Å². The zero-order valence-corrected chi connectivity index (χ0v) is 16.6. The standard InChI is InChI=1S/C23H26N2O3/c1-15-4-6-18-17(13-24-20(18)10-15)5-7-21-19-12-23(28-3)22(27-2)11-16(19)8-9-25(21)14-26/h4,6,10-14,21,24H,5,7-9H2,1-3H3/t21-/m1/s1. The first-order chi connectivity index (χ1) is 13.6. The van der Waals surface area contributed by atoms with E-state index in [9.17, 15) is 4.79 Å². The number of aromatic nitrogens is 1. The fourth-order valence-electron chi connectivity index (χ4n) is 4.29. The number of hydrogen-bond acceptors (Lipinski definition) is 3. The van der Waals surface area contributed by atoms with E-state index < -0.39 is 0 Å². The number of carbonyl (C=O) groups excluding carboxylic acids is 1. The van der Waals surface area contributed by atoms with Gasteiger partial charge in [0, 0.05) is 23.6 Å². The minimum Gasteiger partial charge on any atom is -0.493 e. The van der Waals surface area contributed by atoms with E-state index in [4.69, 9.17) is 9.47 Å². The maximum Gasteiger partial charge on any atom is 0.210 e. The van der Waals surface area contributed by atoms with Crippen molar-refractivity contribution in [2.45, 2.75) is 32.2 Å². The summed E-state index contributed by atoms with van der Waals surface area (Å²) in [6.45, 7) is 2.83. The molecule has 3 aromatic rings. The molecule has 28 heavy (non-hydrogen) atoms. The molecular weight excluding hydrogens is 352 g/mol. The summed E-state index contributed by atoms with van der Waals surface area (Å²) in [5, 5.41) is 1.26. The van der Waals surface area contributed by atoms with Crippen molar-refractivity contribution in [2.75, 3.05) is 20.8 Å². The number of rotatable bonds is 6. The van der Waals surface area contributed by atoms with Crippen molar-refractivity contribution in [3.05, 3.63) is 58.8 Å². The Morgan fingerprint density at radius 2 is 1.96 bits per heavy atom. The quantitative estimate of drug-likeness (QED) is 0.655. The highest BCUT2D eigenvalue weighted by Crippen LogP contribution is 2.39. The molecule has 0 bridgehead atoms. The minimum absolute atomic E-state index is 0.0384. The summed E-state index contributed by atoms with van der Waals surface area (Å²) in [5.74, 6) is 1.45. The Bertz CT molecular complexity index is 1010. The molecule has 4 rings (SSSR count). The SMILES string of the molecule is COc1cc2c(cc1OC)[C@@H](CCc1c[nH]c3cc(C)ccc13)N(C=O)CC2. The predicted molar refractivity (Wildman–Crippen MR) is 110 cm³/mol. The first-order valence-corrected chi connectivity index (χ1v) is 9.67. The van der Waals surface area contributed by atoms with Crippen LogP contribution in [0.2, 0.25) is 0 Å². The minimum atomic E-state index is 0.0384. The number of benzene rings is 2. The van der Waals surface area contributed by atoms with Crippen LogP contribution in [0.3, 0.4) is 0 Å². The topological polar surface area (TPSA) is 54.6 Å². The molecule has 5 nitrogen and oxygen atoms in total. The molecule has 5 heteroatoms. The van der Waals surface area contributed by atoms with Crippen LogP contribution in [-0.2, 0) is 17.6 Å². The van der Waals surface area contributed by atoms with E-state index in [1.54, 1.807) is 14.2 Å². The fraction of sp³-hybridized carbons (Fsp3) is 0.348. The third-order valence-corrected chi connectivity index (χ3v) is 5.79. The van der Waals surface area contributed by atoms with Crippen LogP contribution in [0, 0.1) is 6.92 Å². The van der Waals surface area contributed by atoms with Gasteiger partial charge in [0.1, 0.15) is 0 Å². The Labute approximate surface area is 165 Å². The molecule has 2 aromatic carbocycles. The Kier molecular flexibility index (Phi) is 4.99. The van der Waals surface area contributed by atoms with Crippen molar-refractivity contribution in [1.29, 1.82) is 0 Å². The fourth-order valence-corrected chi connectivity index (χ4v) is 4.29. The highest BCUT2D eigenvalue weighted by molar-refractivity contribution is 5.83. The molecule has 2 heterocycles. The lowest BCUT2D eigenvalue weighted by molar-refractivity contribution is -0.120. The van der Waals surface area contributed by atoms with Gasteiger partial charge >= 0.3 is 0 Å². The van der Waals surface area contributed by atoms with Gasteiger partial charge in [0.05, 0.1) is 20.3 Å². The van der Waals surface area contributed by atoms with E-state index in [-0.39, 0.29) is 6.04 Å². The Morgan fingerprint density at radius 3 is 2.71 bits per heavy atom. The summed E-state index contributed by atoms with van der Waals surface area (Å²) < 4.78 is 11.0. The molecule has 0 saturated heterocycles. The molecule has 1 N–H and O–H groups in total. The van der Waals surface area contributed by atoms with Crippen molar-refractivity contribution in [3.8, 4) is 11.5 Å². The molecule has 0 saturated carbocycles. The molecule has 146 valence electrons. The number of ether oxygens (including phenoxy) is 2. The zero-order valence-electron chi connectivity index (χ0n) is 16.6. The highest BCUT2D eigenvalue weighted by atomic mass is 16.5. The number of amides is 1. The molecule has 0 radical (unpaired) electrons. The zero-order chi connectivity index (χ0) is 19.7. The summed E-state index contributed by atoms with van der Waals surface area (Å²) >= 11 is 0. The van der Waals surface area contributed by atoms with Gasteiger partial charge < -0.3 is 19.4 Å². The lowest BCUT2D eigenvalue weighted by Gasteiger charge is -2.35. The van der Waals surface area contributed by atoms with Crippen molar-refractivity contribution in [1.82, 2.24) is 9.88 Å². The second-order valence-corrected chi connectivity index (χ2v) is 7.42. The van der Waals surface area contributed by atoms with Gasteiger partial charge in [-0.2, -0.15) is 0 Å². The molecule has 0 unspecified atom stereocenters. The lowest BCUT2D eigenvalue weighted by Crippen LogP contribution is -2.34. The number of H-pyrrole nitrogens is 1. The van der Waals surface area contributed by atoms with E-state index in [0.29, 0.717) is 5.75 Å². The van der Waals surface area contributed by atoms with Crippen LogP contribution in [0.25, 0.3) is 10.9 Å². The molecule has 0 spiro atoms. The molecule has 0 aliphatic carbocycles. The van der Waals surface area contributed by atoms with Crippen LogP contribution in [0.5, 0.6) is 11.5 Å². The summed E-state index contributed by atoms with van der Waals surface area (Å²) in [6.07, 6.45) is 5.65. The average molecular weight is 378 g/mol. The van der Waals surface area contributed by atoms with Gasteiger partial charge in [-0.25, -0.2) is 0 Å². The first-order valence-electron chi connectivity index (χ1n) is 9.67. The van der Waals surface area contributed by atoms with Crippen LogP contribution < -0.4 is 9.47 Å². The first kappa shape index (κ1) is 18.4. The number of fused-ring (bicyclic) bond motifs is 2. The molecule has 1 aliphatic heterocycles. The maximum atomic E-state index is 11.7. The van der Waals surface area contributed by atoms with Gasteiger partial charge in [-0.1, -0.05) is 12.1 Å². The number of nitrogens with zero attached hydrogens (tertiary/aromatic N) is 1. The van der Waals surface area contributed by atoms with Gasteiger partial charge in [0.15, 0.2) is 11.5 Å². The summed E-state index contributed by atoms with van der Waals surface area (Å²) in [5.41, 5.74) is 6.09. The molecule has 1 aliphatic rings. The normalized spacial score (nSPS) is 16.1. The molecule has 1 aromatic heterocycles. The number of carbonyl (C=O) groups is 1. The third kappa shape index (κ3) is 3.21. The lowest BCUT2D eigenvalue weighted by atomic mass is 9.88. The maximum absolute atomic E-state index is 11.7. The van der Waals surface area contributed by atoms with Gasteiger partial charge in [-0.3, -0.25) is 4.79 Å². The highest BCUT2D eigenvalue weighted by Gasteiger charge is 2.28. The largest absolute Gasteiger partial charge is 0.493 e. The molecule has 1 amide bonds. The smallest absolute Gasteiger partial charge is 0.210 e. The second kappa shape index (κ2) is 7.58. The van der Waals surface area contributed by atoms with E-state index in [1.165, 1.54) is 22.1 Å². The number of nitrogens with one attached hydrogen (secondary N) is 1. The van der Waals surface area contributed by atoms with Crippen molar-refractivity contribution >= 4 is 17.3 Å². The summed E-state index contributed by atoms with van der Waals surface area (Å²) in [7, 11) is 3.30. The molecule has 0 fully saturated rings. The van der Waals surface area contributed by atoms with Crippen molar-refractivity contribution in [2.24, 2.45) is 0 Å². The predicted octanol–water partition coefficient (Wildman–Crippen LogP) is 4.18. The van der Waals surface area contributed by atoms with Crippen LogP contribution >= 0.6 is 0 Å². The number of methoxy groups -OCH3 is 2. The number of hydrogen-bond donors (Lipinski definition) is 1. The van der Waals surface area contributed by atoms with E-state index in [1.807, 2.05) is 11.0 Å². The van der Waals surface area contributed by atoms with Gasteiger partial charge in [-0.15, -0.1) is 0 Å². The number of aromatic amines is 1. The molecule has 1 atom stereocenters. The van der Waals surface area contributed by atoms with Crippen LogP contribution in [-0.4, -0.2) is 37.1 Å². The Hall–Kier alpha value is -2.95. The summed E-state index contributed by atoms with van der Waals surface area (Å²) in [4.78, 5) is 17.0. The Morgan fingerprint density at radius 1 is 1.18 bits per heavy atom. The van der Waals surface area contributed by atoms with Crippen molar-refractivity contribution in [3.63, 3.8) is 0 Å². The van der Waals surface area contributed by atoms with Crippen LogP contribution in [0.1, 0.15) is 34.7 Å². The van der Waals surface area contributed by atoms with Gasteiger partial charge in [0.25, 0.3) is 0 Å². The van der Waals surface area contributed by atoms with Gasteiger partial charge in [0.2, 0.25) is 6.41 Å². The second-order valence-electron chi connectivity index (χ2n) is 7.42. The Balaban J connectivity index is 1.65. The van der Waals surface area contributed by atoms with Crippen LogP contribution in [0.4, 0.5) is 0 Å². The van der Waals surface area contributed by atoms with Crippen molar-refractivity contribution < 1.29 is 14.3 Å².